The van der Waals surface area contributed by atoms with Gasteiger partial charge in [0.25, 0.3) is 11.6 Å². The van der Waals surface area contributed by atoms with E-state index in [2.05, 4.69) is 20.8 Å². The van der Waals surface area contributed by atoms with E-state index in [1.165, 1.54) is 18.2 Å². The molecule has 0 spiro atoms. The number of rotatable bonds is 7. The Kier molecular flexibility index (Phi) is 5.61. The summed E-state index contributed by atoms with van der Waals surface area (Å²) in [6.07, 6.45) is 1.64. The quantitative estimate of drug-likeness (QED) is 0.447. The lowest BCUT2D eigenvalue weighted by atomic mass is 10.1. The number of carbonyl (C=O) groups is 1. The van der Waals surface area contributed by atoms with Gasteiger partial charge in [-0.25, -0.2) is 0 Å². The van der Waals surface area contributed by atoms with Crippen LogP contribution in [0.5, 0.6) is 0 Å². The maximum absolute atomic E-state index is 12.0. The fourth-order valence-corrected chi connectivity index (χ4v) is 1.97. The van der Waals surface area contributed by atoms with E-state index in [0.29, 0.717) is 18.9 Å². The smallest absolute Gasteiger partial charge is 0.282 e. The Labute approximate surface area is 138 Å². The van der Waals surface area contributed by atoms with E-state index in [0.717, 1.165) is 5.69 Å². The molecule has 1 aromatic carbocycles. The molecule has 1 aromatic heterocycles. The number of hydrogen-bond donors (Lipinski definition) is 2. The van der Waals surface area contributed by atoms with Crippen molar-refractivity contribution >= 4 is 23.1 Å². The first-order valence-electron chi connectivity index (χ1n) is 7.24. The molecule has 0 aliphatic heterocycles. The van der Waals surface area contributed by atoms with Crippen LogP contribution in [0.1, 0.15) is 10.4 Å². The molecule has 0 bridgehead atoms. The van der Waals surface area contributed by atoms with Crippen molar-refractivity contribution in [2.75, 3.05) is 37.4 Å². The summed E-state index contributed by atoms with van der Waals surface area (Å²) in [5.74, 6) is 0.0957. The highest BCUT2D eigenvalue weighted by Gasteiger charge is 2.18. The molecule has 9 heteroatoms. The average Bonchev–Trinajstić information content (AvgIpc) is 2.58. The number of benzene rings is 1. The van der Waals surface area contributed by atoms with E-state index in [1.807, 2.05) is 25.1 Å². The Morgan fingerprint density at radius 2 is 2.04 bits per heavy atom. The van der Waals surface area contributed by atoms with Crippen molar-refractivity contribution in [3.8, 4) is 0 Å². The molecule has 2 N–H and O–H groups in total. The zero-order chi connectivity index (χ0) is 17.5. The van der Waals surface area contributed by atoms with Crippen LogP contribution in [0.2, 0.25) is 0 Å². The van der Waals surface area contributed by atoms with Crippen molar-refractivity contribution in [2.24, 2.45) is 0 Å². The summed E-state index contributed by atoms with van der Waals surface area (Å²) in [4.78, 5) is 24.3. The first-order chi connectivity index (χ1) is 11.5. The first-order valence-corrected chi connectivity index (χ1v) is 7.24. The summed E-state index contributed by atoms with van der Waals surface area (Å²) in [7, 11) is 3.79. The number of amides is 1. The Balaban J connectivity index is 1.88. The fourth-order valence-electron chi connectivity index (χ4n) is 1.97. The monoisotopic (exact) mass is 330 g/mol. The number of nitro groups is 1. The molecule has 0 fully saturated rings. The normalized spacial score (nSPS) is 10.1. The van der Waals surface area contributed by atoms with Crippen molar-refractivity contribution in [3.05, 3.63) is 52.2 Å². The van der Waals surface area contributed by atoms with E-state index in [4.69, 9.17) is 0 Å². The molecule has 2 rings (SSSR count). The second-order valence-electron chi connectivity index (χ2n) is 5.15. The standard InChI is InChI=1S/C15H18N6O3/c1-20(2)11-9-14(19-18-10-11)16-7-8-17-15(22)12-5-3-4-6-13(12)21(23)24/h3-6,9-10H,7-8H2,1-2H3,(H,16,19)(H,17,22). The Hall–Kier alpha value is -3.23. The molecule has 0 atom stereocenters. The van der Waals surface area contributed by atoms with E-state index in [1.54, 1.807) is 12.3 Å². The molecule has 126 valence electrons. The molecule has 24 heavy (non-hydrogen) atoms. The number of anilines is 2. The molecule has 0 unspecified atom stereocenters. The summed E-state index contributed by atoms with van der Waals surface area (Å²) < 4.78 is 0. The van der Waals surface area contributed by atoms with Crippen LogP contribution in [0.15, 0.2) is 36.5 Å². The number of nitro benzene ring substituents is 1. The summed E-state index contributed by atoms with van der Waals surface area (Å²) in [6.45, 7) is 0.705. The third-order valence-corrected chi connectivity index (χ3v) is 3.22. The highest BCUT2D eigenvalue weighted by Crippen LogP contribution is 2.17. The highest BCUT2D eigenvalue weighted by molar-refractivity contribution is 5.98. The van der Waals surface area contributed by atoms with Gasteiger partial charge in [0.2, 0.25) is 0 Å². The van der Waals surface area contributed by atoms with Gasteiger partial charge < -0.3 is 15.5 Å². The van der Waals surface area contributed by atoms with Crippen molar-refractivity contribution in [1.29, 1.82) is 0 Å². The Morgan fingerprint density at radius 3 is 2.75 bits per heavy atom. The van der Waals surface area contributed by atoms with Crippen molar-refractivity contribution in [2.45, 2.75) is 0 Å². The molecule has 0 saturated carbocycles. The molecular weight excluding hydrogens is 312 g/mol. The van der Waals surface area contributed by atoms with Gasteiger partial charge in [0.1, 0.15) is 5.56 Å². The number of aromatic nitrogens is 2. The van der Waals surface area contributed by atoms with Gasteiger partial charge in [-0.3, -0.25) is 14.9 Å². The second kappa shape index (κ2) is 7.86. The minimum Gasteiger partial charge on any atom is -0.376 e. The number of carbonyl (C=O) groups excluding carboxylic acids is 1. The summed E-state index contributed by atoms with van der Waals surface area (Å²) in [5, 5.41) is 24.4. The molecule has 1 heterocycles. The van der Waals surface area contributed by atoms with Crippen LogP contribution < -0.4 is 15.5 Å². The molecule has 0 saturated heterocycles. The van der Waals surface area contributed by atoms with Crippen LogP contribution >= 0.6 is 0 Å². The van der Waals surface area contributed by atoms with Gasteiger partial charge in [0.15, 0.2) is 5.82 Å². The summed E-state index contributed by atoms with van der Waals surface area (Å²) in [5.41, 5.74) is 0.723. The lowest BCUT2D eigenvalue weighted by Crippen LogP contribution is -2.29. The van der Waals surface area contributed by atoms with Gasteiger partial charge in [0, 0.05) is 39.3 Å². The van der Waals surface area contributed by atoms with Crippen molar-refractivity contribution < 1.29 is 9.72 Å². The zero-order valence-electron chi connectivity index (χ0n) is 13.4. The van der Waals surface area contributed by atoms with E-state index < -0.39 is 10.8 Å². The van der Waals surface area contributed by atoms with Crippen LogP contribution in [0.4, 0.5) is 17.2 Å². The molecule has 9 nitrogen and oxygen atoms in total. The molecule has 2 aromatic rings. The zero-order valence-corrected chi connectivity index (χ0v) is 13.4. The minimum absolute atomic E-state index is 0.0388. The lowest BCUT2D eigenvalue weighted by molar-refractivity contribution is -0.385. The third-order valence-electron chi connectivity index (χ3n) is 3.22. The number of para-hydroxylation sites is 1. The van der Waals surface area contributed by atoms with Gasteiger partial charge in [-0.2, -0.15) is 5.10 Å². The van der Waals surface area contributed by atoms with Crippen LogP contribution in [0.25, 0.3) is 0 Å². The maximum atomic E-state index is 12.0. The van der Waals surface area contributed by atoms with Gasteiger partial charge in [-0.15, -0.1) is 5.10 Å². The Bertz CT molecular complexity index is 735. The van der Waals surface area contributed by atoms with Gasteiger partial charge >= 0.3 is 0 Å². The fraction of sp³-hybridized carbons (Fsp3) is 0.267. The van der Waals surface area contributed by atoms with Gasteiger partial charge in [-0.1, -0.05) is 12.1 Å². The third kappa shape index (κ3) is 4.38. The van der Waals surface area contributed by atoms with E-state index >= 15 is 0 Å². The largest absolute Gasteiger partial charge is 0.376 e. The second-order valence-corrected chi connectivity index (χ2v) is 5.15. The van der Waals surface area contributed by atoms with E-state index in [9.17, 15) is 14.9 Å². The predicted octanol–water partition coefficient (Wildman–Crippen LogP) is 1.29. The molecule has 0 aliphatic carbocycles. The number of nitrogens with one attached hydrogen (secondary N) is 2. The minimum atomic E-state index is -0.574. The van der Waals surface area contributed by atoms with Crippen LogP contribution in [0, 0.1) is 10.1 Å². The molecule has 0 aliphatic rings. The van der Waals surface area contributed by atoms with Crippen LogP contribution in [-0.2, 0) is 0 Å². The number of nitrogens with zero attached hydrogens (tertiary/aromatic N) is 4. The maximum Gasteiger partial charge on any atom is 0.282 e. The number of hydrogen-bond acceptors (Lipinski definition) is 7. The average molecular weight is 330 g/mol. The van der Waals surface area contributed by atoms with Crippen LogP contribution in [-0.4, -0.2) is 48.2 Å². The summed E-state index contributed by atoms with van der Waals surface area (Å²) >= 11 is 0. The predicted molar refractivity (Wildman–Crippen MR) is 90.3 cm³/mol. The summed E-state index contributed by atoms with van der Waals surface area (Å²) in [6, 6.07) is 7.66. The van der Waals surface area contributed by atoms with Crippen LogP contribution in [0.3, 0.4) is 0 Å². The van der Waals surface area contributed by atoms with E-state index in [-0.39, 0.29) is 11.3 Å². The highest BCUT2D eigenvalue weighted by atomic mass is 16.6. The SMILES string of the molecule is CN(C)c1cnnc(NCCNC(=O)c2ccccc2[N+](=O)[O-])c1. The van der Waals surface area contributed by atoms with Gasteiger partial charge in [0.05, 0.1) is 16.8 Å². The Morgan fingerprint density at radius 1 is 1.29 bits per heavy atom. The molecular formula is C15H18N6O3. The molecule has 1 amide bonds. The topological polar surface area (TPSA) is 113 Å². The lowest BCUT2D eigenvalue weighted by Gasteiger charge is -2.13. The molecule has 0 radical (unpaired) electrons. The van der Waals surface area contributed by atoms with Gasteiger partial charge in [-0.05, 0) is 6.07 Å². The van der Waals surface area contributed by atoms with Crippen molar-refractivity contribution in [1.82, 2.24) is 15.5 Å². The van der Waals surface area contributed by atoms with Crippen molar-refractivity contribution in [3.63, 3.8) is 0 Å². The first kappa shape index (κ1) is 17.1.